The molecule has 0 radical (unpaired) electrons. The van der Waals surface area contributed by atoms with Crippen molar-refractivity contribution < 1.29 is 18.0 Å². The Labute approximate surface area is 164 Å². The second-order valence-corrected chi connectivity index (χ2v) is 8.67. The molecule has 148 valence electrons. The van der Waals surface area contributed by atoms with Crippen LogP contribution >= 0.6 is 0 Å². The third-order valence-electron chi connectivity index (χ3n) is 4.45. The zero-order valence-corrected chi connectivity index (χ0v) is 16.6. The second-order valence-electron chi connectivity index (χ2n) is 6.95. The van der Waals surface area contributed by atoms with Crippen molar-refractivity contribution >= 4 is 27.5 Å². The van der Waals surface area contributed by atoms with Crippen LogP contribution in [0.2, 0.25) is 0 Å². The Balaban J connectivity index is 1.73. The second kappa shape index (κ2) is 8.12. The number of amides is 2. The number of hydrogen-bond acceptors (Lipinski definition) is 4. The van der Waals surface area contributed by atoms with Crippen molar-refractivity contribution in [1.29, 1.82) is 0 Å². The maximum atomic E-state index is 12.6. The van der Waals surface area contributed by atoms with E-state index < -0.39 is 15.9 Å². The van der Waals surface area contributed by atoms with Gasteiger partial charge in [-0.15, -0.1) is 0 Å². The van der Waals surface area contributed by atoms with Crippen molar-refractivity contribution in [2.45, 2.75) is 37.2 Å². The first-order valence-electron chi connectivity index (χ1n) is 8.99. The number of sulfonamides is 1. The summed E-state index contributed by atoms with van der Waals surface area (Å²) in [5.41, 5.74) is 1.70. The summed E-state index contributed by atoms with van der Waals surface area (Å²) in [6.45, 7) is 1.92. The van der Waals surface area contributed by atoms with E-state index in [1.807, 2.05) is 6.07 Å². The molecule has 2 N–H and O–H groups in total. The van der Waals surface area contributed by atoms with E-state index in [1.165, 1.54) is 19.1 Å². The lowest BCUT2D eigenvalue weighted by Gasteiger charge is -2.15. The first-order chi connectivity index (χ1) is 13.2. The van der Waals surface area contributed by atoms with E-state index in [0.29, 0.717) is 12.2 Å². The number of carbonyl (C=O) groups excluding carboxylic acids is 2. The van der Waals surface area contributed by atoms with Crippen molar-refractivity contribution in [2.24, 2.45) is 0 Å². The summed E-state index contributed by atoms with van der Waals surface area (Å²) in [5.74, 6) is -0.451. The summed E-state index contributed by atoms with van der Waals surface area (Å²) in [7, 11) is -1.92. The van der Waals surface area contributed by atoms with Crippen LogP contribution in [0.5, 0.6) is 0 Å². The van der Waals surface area contributed by atoms with Crippen LogP contribution < -0.4 is 10.0 Å². The third-order valence-corrected chi connectivity index (χ3v) is 5.97. The van der Waals surface area contributed by atoms with Crippen LogP contribution in [-0.4, -0.2) is 38.2 Å². The maximum Gasteiger partial charge on any atom is 0.255 e. The molecule has 0 unspecified atom stereocenters. The van der Waals surface area contributed by atoms with Gasteiger partial charge in [-0.2, -0.15) is 0 Å². The van der Waals surface area contributed by atoms with Gasteiger partial charge in [-0.05, 0) is 48.7 Å². The minimum Gasteiger partial charge on any atom is -0.342 e. The molecule has 0 bridgehead atoms. The molecular weight excluding hydrogens is 378 g/mol. The van der Waals surface area contributed by atoms with Gasteiger partial charge in [0.15, 0.2) is 0 Å². The fourth-order valence-electron chi connectivity index (χ4n) is 2.63. The van der Waals surface area contributed by atoms with Crippen LogP contribution in [0.25, 0.3) is 0 Å². The number of nitrogens with zero attached hydrogens (tertiary/aromatic N) is 1. The Hall–Kier alpha value is -2.71. The van der Waals surface area contributed by atoms with E-state index in [1.54, 1.807) is 42.3 Å². The van der Waals surface area contributed by atoms with Gasteiger partial charge in [0.2, 0.25) is 15.9 Å². The highest BCUT2D eigenvalue weighted by atomic mass is 32.2. The molecule has 3 rings (SSSR count). The maximum absolute atomic E-state index is 12.6. The highest BCUT2D eigenvalue weighted by molar-refractivity contribution is 7.89. The summed E-state index contributed by atoms with van der Waals surface area (Å²) in [5, 5.41) is 2.78. The first-order valence-corrected chi connectivity index (χ1v) is 10.5. The molecule has 2 aromatic rings. The summed E-state index contributed by atoms with van der Waals surface area (Å²) in [4.78, 5) is 25.6. The van der Waals surface area contributed by atoms with Crippen LogP contribution in [0.1, 0.15) is 35.7 Å². The van der Waals surface area contributed by atoms with Gasteiger partial charge in [0.25, 0.3) is 5.91 Å². The van der Waals surface area contributed by atoms with Crippen LogP contribution in [0, 0.1) is 0 Å². The van der Waals surface area contributed by atoms with E-state index in [0.717, 1.165) is 18.4 Å². The molecule has 28 heavy (non-hydrogen) atoms. The molecule has 0 heterocycles. The Bertz CT molecular complexity index is 1000. The SMILES string of the molecule is CC(=O)N(C)Cc1cccc(NC(=O)c2cccc(S(=O)(=O)NC3CC3)c2)c1. The standard InChI is InChI=1S/C20H23N3O4S/c1-14(24)23(2)13-15-5-3-7-18(11-15)21-20(25)16-6-4-8-19(12-16)28(26,27)22-17-9-10-17/h3-8,11-12,17,22H,9-10,13H2,1-2H3,(H,21,25). The van der Waals surface area contributed by atoms with Gasteiger partial charge in [-0.1, -0.05) is 18.2 Å². The van der Waals surface area contributed by atoms with E-state index in [4.69, 9.17) is 0 Å². The number of rotatable bonds is 7. The number of benzene rings is 2. The normalized spacial score (nSPS) is 13.8. The quantitative estimate of drug-likeness (QED) is 0.744. The Kier molecular flexibility index (Phi) is 5.81. The molecule has 0 saturated heterocycles. The molecule has 0 aromatic heterocycles. The lowest BCUT2D eigenvalue weighted by Crippen LogP contribution is -2.26. The molecule has 2 amide bonds. The fraction of sp³-hybridized carbons (Fsp3) is 0.300. The summed E-state index contributed by atoms with van der Waals surface area (Å²) in [6, 6.07) is 13.1. The van der Waals surface area contributed by atoms with Crippen molar-refractivity contribution in [3.63, 3.8) is 0 Å². The number of carbonyl (C=O) groups is 2. The highest BCUT2D eigenvalue weighted by Gasteiger charge is 2.28. The highest BCUT2D eigenvalue weighted by Crippen LogP contribution is 2.23. The lowest BCUT2D eigenvalue weighted by molar-refractivity contribution is -0.128. The predicted molar refractivity (Wildman–Crippen MR) is 106 cm³/mol. The molecule has 0 atom stereocenters. The molecule has 8 heteroatoms. The summed E-state index contributed by atoms with van der Waals surface area (Å²) < 4.78 is 27.3. The molecular formula is C20H23N3O4S. The van der Waals surface area contributed by atoms with Gasteiger partial charge in [-0.3, -0.25) is 9.59 Å². The lowest BCUT2D eigenvalue weighted by atomic mass is 10.1. The van der Waals surface area contributed by atoms with Crippen molar-refractivity contribution in [3.05, 3.63) is 59.7 Å². The zero-order chi connectivity index (χ0) is 20.3. The van der Waals surface area contributed by atoms with Gasteiger partial charge < -0.3 is 10.2 Å². The first kappa shape index (κ1) is 20.0. The third kappa shape index (κ3) is 5.17. The van der Waals surface area contributed by atoms with Gasteiger partial charge in [-0.25, -0.2) is 13.1 Å². The molecule has 7 nitrogen and oxygen atoms in total. The summed E-state index contributed by atoms with van der Waals surface area (Å²) >= 11 is 0. The van der Waals surface area contributed by atoms with E-state index >= 15 is 0 Å². The Morgan fingerprint density at radius 1 is 1.11 bits per heavy atom. The van der Waals surface area contributed by atoms with E-state index in [9.17, 15) is 18.0 Å². The molecule has 2 aromatic carbocycles. The summed E-state index contributed by atoms with van der Waals surface area (Å²) in [6.07, 6.45) is 1.68. The predicted octanol–water partition coefficient (Wildman–Crippen LogP) is 2.36. The van der Waals surface area contributed by atoms with Crippen molar-refractivity contribution in [3.8, 4) is 0 Å². The fourth-order valence-corrected chi connectivity index (χ4v) is 3.98. The molecule has 1 aliphatic rings. The van der Waals surface area contributed by atoms with Crippen LogP contribution in [-0.2, 0) is 21.4 Å². The van der Waals surface area contributed by atoms with Gasteiger partial charge >= 0.3 is 0 Å². The number of nitrogens with one attached hydrogen (secondary N) is 2. The largest absolute Gasteiger partial charge is 0.342 e. The van der Waals surface area contributed by atoms with Crippen LogP contribution in [0.4, 0.5) is 5.69 Å². The molecule has 0 aliphatic heterocycles. The average molecular weight is 401 g/mol. The minimum absolute atomic E-state index is 0.00152. The van der Waals surface area contributed by atoms with Crippen molar-refractivity contribution in [2.75, 3.05) is 12.4 Å². The van der Waals surface area contributed by atoms with Gasteiger partial charge in [0.05, 0.1) is 4.90 Å². The Morgan fingerprint density at radius 2 is 1.82 bits per heavy atom. The topological polar surface area (TPSA) is 95.6 Å². The number of anilines is 1. The molecule has 0 spiro atoms. The van der Waals surface area contributed by atoms with Crippen molar-refractivity contribution in [1.82, 2.24) is 9.62 Å². The van der Waals surface area contributed by atoms with Gasteiger partial charge in [0, 0.05) is 37.8 Å². The van der Waals surface area contributed by atoms with E-state index in [2.05, 4.69) is 10.0 Å². The zero-order valence-electron chi connectivity index (χ0n) is 15.8. The van der Waals surface area contributed by atoms with Crippen LogP contribution in [0.3, 0.4) is 0 Å². The number of hydrogen-bond donors (Lipinski definition) is 2. The average Bonchev–Trinajstić information content (AvgIpc) is 3.45. The molecule has 1 saturated carbocycles. The van der Waals surface area contributed by atoms with Crippen LogP contribution in [0.15, 0.2) is 53.4 Å². The van der Waals surface area contributed by atoms with E-state index in [-0.39, 0.29) is 22.4 Å². The Morgan fingerprint density at radius 3 is 2.50 bits per heavy atom. The minimum atomic E-state index is -3.62. The molecule has 1 aliphatic carbocycles. The monoisotopic (exact) mass is 401 g/mol. The molecule has 1 fully saturated rings. The van der Waals surface area contributed by atoms with Gasteiger partial charge in [0.1, 0.15) is 0 Å². The smallest absolute Gasteiger partial charge is 0.255 e.